The van der Waals surface area contributed by atoms with Crippen LogP contribution in [0.3, 0.4) is 0 Å². The predicted molar refractivity (Wildman–Crippen MR) is 173 cm³/mol. The quantitative estimate of drug-likeness (QED) is 0.224. The highest BCUT2D eigenvalue weighted by molar-refractivity contribution is 6.60. The summed E-state index contributed by atoms with van der Waals surface area (Å²) < 4.78 is 0. The fourth-order valence-electron chi connectivity index (χ4n) is 6.16. The summed E-state index contributed by atoms with van der Waals surface area (Å²) in [5.41, 5.74) is 9.60. The minimum absolute atomic E-state index is 0.440. The summed E-state index contributed by atoms with van der Waals surface area (Å²) in [5, 5.41) is 22.3. The van der Waals surface area contributed by atoms with E-state index in [2.05, 4.69) is 54.6 Å². The molecular weight excluding hydrogens is 529 g/mol. The molecule has 2 N–H and O–H groups in total. The molecule has 6 aromatic carbocycles. The Kier molecular flexibility index (Phi) is 5.96. The van der Waals surface area contributed by atoms with E-state index in [0.717, 1.165) is 33.2 Å². The van der Waals surface area contributed by atoms with E-state index in [-0.39, 0.29) is 0 Å². The van der Waals surface area contributed by atoms with Gasteiger partial charge in [0.05, 0.1) is 0 Å². The molecule has 43 heavy (non-hydrogen) atoms. The van der Waals surface area contributed by atoms with Crippen LogP contribution in [0.4, 0.5) is 0 Å². The molecule has 0 amide bonds. The molecule has 7 aromatic rings. The van der Waals surface area contributed by atoms with Crippen molar-refractivity contribution in [2.75, 3.05) is 0 Å². The second-order valence-electron chi connectivity index (χ2n) is 10.6. The molecule has 0 radical (unpaired) electrons. The topological polar surface area (TPSA) is 79.1 Å². The summed E-state index contributed by atoms with van der Waals surface area (Å²) in [6, 6.07) is 44.3. The number of rotatable bonds is 5. The van der Waals surface area contributed by atoms with E-state index in [4.69, 9.17) is 15.0 Å². The van der Waals surface area contributed by atoms with Gasteiger partial charge in [-0.2, -0.15) is 0 Å². The van der Waals surface area contributed by atoms with Gasteiger partial charge in [0.2, 0.25) is 0 Å². The van der Waals surface area contributed by atoms with E-state index >= 15 is 0 Å². The van der Waals surface area contributed by atoms with Crippen LogP contribution in [-0.4, -0.2) is 32.1 Å². The van der Waals surface area contributed by atoms with Gasteiger partial charge in [0.15, 0.2) is 17.5 Å². The predicted octanol–water partition coefficient (Wildman–Crippen LogP) is 7.02. The van der Waals surface area contributed by atoms with E-state index < -0.39 is 7.12 Å². The van der Waals surface area contributed by atoms with Crippen LogP contribution in [0.1, 0.15) is 0 Å². The van der Waals surface area contributed by atoms with Gasteiger partial charge < -0.3 is 10.0 Å². The molecule has 1 heterocycles. The first-order valence-electron chi connectivity index (χ1n) is 14.2. The van der Waals surface area contributed by atoms with Crippen LogP contribution < -0.4 is 5.46 Å². The second kappa shape index (κ2) is 10.1. The molecule has 1 aliphatic rings. The van der Waals surface area contributed by atoms with Gasteiger partial charge in [-0.25, -0.2) is 15.0 Å². The Morgan fingerprint density at radius 3 is 1.70 bits per heavy atom. The smallest absolute Gasteiger partial charge is 0.423 e. The Morgan fingerprint density at radius 2 is 0.930 bits per heavy atom. The highest BCUT2D eigenvalue weighted by Gasteiger charge is 2.24. The van der Waals surface area contributed by atoms with E-state index in [1.165, 1.54) is 27.6 Å². The Labute approximate surface area is 249 Å². The fraction of sp³-hybridized carbons (Fsp3) is 0. The minimum Gasteiger partial charge on any atom is -0.423 e. The molecule has 1 aliphatic carbocycles. The van der Waals surface area contributed by atoms with Gasteiger partial charge in [0.1, 0.15) is 0 Å². The number of fused-ring (bicyclic) bond motifs is 3. The van der Waals surface area contributed by atoms with Crippen molar-refractivity contribution in [2.24, 2.45) is 0 Å². The zero-order valence-corrected chi connectivity index (χ0v) is 23.0. The maximum absolute atomic E-state index is 9.99. The summed E-state index contributed by atoms with van der Waals surface area (Å²) in [7, 11) is -1.58. The first-order chi connectivity index (χ1) is 21.2. The van der Waals surface area contributed by atoms with Gasteiger partial charge in [-0.3, -0.25) is 0 Å². The standard InChI is InChI=1S/C37H24BN3O2/c42-38(43)33-19-7-6-14-26(33)24-12-8-13-25(22-24)36-39-35(23-10-2-1-3-11-23)40-37(41-36)32-21-20-31-28-16-5-4-15-27(28)29-17-9-18-30(32)34(29)31/h1-22,42-43H. The van der Waals surface area contributed by atoms with Crippen molar-refractivity contribution in [3.63, 3.8) is 0 Å². The van der Waals surface area contributed by atoms with Crippen LogP contribution in [0.2, 0.25) is 0 Å². The molecule has 0 fully saturated rings. The van der Waals surface area contributed by atoms with Crippen molar-refractivity contribution in [3.8, 4) is 67.5 Å². The van der Waals surface area contributed by atoms with Crippen molar-refractivity contribution in [1.82, 2.24) is 15.0 Å². The van der Waals surface area contributed by atoms with Crippen molar-refractivity contribution >= 4 is 23.4 Å². The lowest BCUT2D eigenvalue weighted by molar-refractivity contribution is 0.426. The molecule has 5 nitrogen and oxygen atoms in total. The zero-order chi connectivity index (χ0) is 28.9. The lowest BCUT2D eigenvalue weighted by Crippen LogP contribution is -2.31. The normalized spacial score (nSPS) is 11.5. The Morgan fingerprint density at radius 1 is 0.395 bits per heavy atom. The van der Waals surface area contributed by atoms with Crippen LogP contribution >= 0.6 is 0 Å². The molecule has 0 atom stereocenters. The van der Waals surface area contributed by atoms with Crippen molar-refractivity contribution in [2.45, 2.75) is 0 Å². The van der Waals surface area contributed by atoms with Crippen LogP contribution in [0.5, 0.6) is 0 Å². The van der Waals surface area contributed by atoms with Gasteiger partial charge in [-0.15, -0.1) is 0 Å². The number of benzene rings is 6. The maximum atomic E-state index is 9.99. The highest BCUT2D eigenvalue weighted by atomic mass is 16.4. The highest BCUT2D eigenvalue weighted by Crippen LogP contribution is 2.48. The van der Waals surface area contributed by atoms with Crippen molar-refractivity contribution < 1.29 is 10.0 Å². The fourth-order valence-corrected chi connectivity index (χ4v) is 6.16. The van der Waals surface area contributed by atoms with E-state index in [9.17, 15) is 10.0 Å². The van der Waals surface area contributed by atoms with Gasteiger partial charge >= 0.3 is 7.12 Å². The largest absolute Gasteiger partial charge is 0.489 e. The SMILES string of the molecule is OB(O)c1ccccc1-c1cccc(-c2nc(-c3ccccc3)nc(-c3ccc4c5c(cccc35)-c3ccccc3-4)n2)c1. The Hall–Kier alpha value is -5.43. The lowest BCUT2D eigenvalue weighted by atomic mass is 9.75. The average Bonchev–Trinajstić information content (AvgIpc) is 3.40. The van der Waals surface area contributed by atoms with Crippen molar-refractivity contribution in [1.29, 1.82) is 0 Å². The van der Waals surface area contributed by atoms with E-state index in [0.29, 0.717) is 22.9 Å². The van der Waals surface area contributed by atoms with Crippen LogP contribution in [-0.2, 0) is 0 Å². The third-order valence-electron chi connectivity index (χ3n) is 8.13. The average molecular weight is 553 g/mol. The first-order valence-corrected chi connectivity index (χ1v) is 14.2. The number of nitrogens with zero attached hydrogens (tertiary/aromatic N) is 3. The summed E-state index contributed by atoms with van der Waals surface area (Å²) in [6.45, 7) is 0. The van der Waals surface area contributed by atoms with Gasteiger partial charge in [-0.05, 0) is 61.7 Å². The van der Waals surface area contributed by atoms with Crippen LogP contribution in [0.15, 0.2) is 133 Å². The molecule has 0 saturated heterocycles. The molecule has 0 saturated carbocycles. The second-order valence-corrected chi connectivity index (χ2v) is 10.6. The molecule has 6 heteroatoms. The molecular formula is C37H24BN3O2. The molecule has 1 aromatic heterocycles. The first kappa shape index (κ1) is 25.3. The lowest BCUT2D eigenvalue weighted by Gasteiger charge is -2.13. The summed E-state index contributed by atoms with van der Waals surface area (Å²) in [4.78, 5) is 15.0. The molecule has 8 rings (SSSR count). The molecule has 202 valence electrons. The summed E-state index contributed by atoms with van der Waals surface area (Å²) >= 11 is 0. The van der Waals surface area contributed by atoms with Crippen LogP contribution in [0, 0.1) is 0 Å². The summed E-state index contributed by atoms with van der Waals surface area (Å²) in [6.07, 6.45) is 0. The van der Waals surface area contributed by atoms with E-state index in [1.807, 2.05) is 66.7 Å². The van der Waals surface area contributed by atoms with Gasteiger partial charge in [-0.1, -0.05) is 121 Å². The van der Waals surface area contributed by atoms with Crippen molar-refractivity contribution in [3.05, 3.63) is 133 Å². The number of hydrogen-bond acceptors (Lipinski definition) is 5. The maximum Gasteiger partial charge on any atom is 0.489 e. The number of hydrogen-bond donors (Lipinski definition) is 2. The number of aromatic nitrogens is 3. The monoisotopic (exact) mass is 553 g/mol. The Bertz CT molecular complexity index is 2150. The molecule has 0 spiro atoms. The molecule has 0 bridgehead atoms. The third kappa shape index (κ3) is 4.24. The van der Waals surface area contributed by atoms with E-state index in [1.54, 1.807) is 12.1 Å². The van der Waals surface area contributed by atoms with Crippen LogP contribution in [0.25, 0.3) is 78.3 Å². The zero-order valence-electron chi connectivity index (χ0n) is 23.0. The Balaban J connectivity index is 1.34. The van der Waals surface area contributed by atoms with Gasteiger partial charge in [0.25, 0.3) is 0 Å². The molecule has 0 unspecified atom stereocenters. The minimum atomic E-state index is -1.58. The summed E-state index contributed by atoms with van der Waals surface area (Å²) in [5.74, 6) is 1.73. The van der Waals surface area contributed by atoms with Gasteiger partial charge in [0, 0.05) is 16.7 Å². The molecule has 0 aliphatic heterocycles. The third-order valence-corrected chi connectivity index (χ3v) is 8.13.